The Morgan fingerprint density at radius 1 is 1.26 bits per heavy atom. The maximum absolute atomic E-state index is 12.1. The van der Waals surface area contributed by atoms with Crippen LogP contribution in [0.3, 0.4) is 0 Å². The van der Waals surface area contributed by atoms with Crippen molar-refractivity contribution in [3.05, 3.63) is 41.5 Å². The second-order valence-corrected chi connectivity index (χ2v) is 10.5. The maximum atomic E-state index is 12.1. The lowest BCUT2D eigenvalue weighted by atomic mass is 9.98. The number of hydrogen-bond acceptors (Lipinski definition) is 6. The molecule has 1 amide bonds. The molecule has 1 atom stereocenters. The van der Waals surface area contributed by atoms with Crippen molar-refractivity contribution in [2.45, 2.75) is 43.8 Å². The standard InChI is InChI=1S/C23H32N2O5S/c1-23(22(27)24-28,31(2,29)30)14-17-25-15-12-21(13-16-25)20-10-8-19(9-11-20)7-5-3-4-6-18-26/h8-12,26,28H,3-4,6,13-18H2,1-2H3,(H,24,27). The van der Waals surface area contributed by atoms with Gasteiger partial charge in [0.2, 0.25) is 0 Å². The Morgan fingerprint density at radius 2 is 1.97 bits per heavy atom. The van der Waals surface area contributed by atoms with Gasteiger partial charge in [-0.25, -0.2) is 13.9 Å². The van der Waals surface area contributed by atoms with Gasteiger partial charge < -0.3 is 5.11 Å². The van der Waals surface area contributed by atoms with Crippen LogP contribution in [0.5, 0.6) is 0 Å². The fourth-order valence-corrected chi connectivity index (χ4v) is 4.24. The van der Waals surface area contributed by atoms with Gasteiger partial charge in [0.1, 0.15) is 0 Å². The predicted molar refractivity (Wildman–Crippen MR) is 121 cm³/mol. The summed E-state index contributed by atoms with van der Waals surface area (Å²) < 4.78 is 22.5. The lowest BCUT2D eigenvalue weighted by molar-refractivity contribution is -0.131. The first-order valence-corrected chi connectivity index (χ1v) is 12.4. The largest absolute Gasteiger partial charge is 0.396 e. The van der Waals surface area contributed by atoms with Crippen LogP contribution in [-0.4, -0.2) is 66.8 Å². The van der Waals surface area contributed by atoms with Crippen LogP contribution in [0.15, 0.2) is 30.3 Å². The molecule has 0 radical (unpaired) electrons. The SMILES string of the molecule is CC(CCN1CC=C(c2ccc(C#CCCCCO)cc2)CC1)(C(=O)NO)S(C)(=O)=O. The highest BCUT2D eigenvalue weighted by Gasteiger charge is 2.43. The van der Waals surface area contributed by atoms with Crippen molar-refractivity contribution in [3.8, 4) is 11.8 Å². The van der Waals surface area contributed by atoms with Crippen LogP contribution in [-0.2, 0) is 14.6 Å². The molecule has 3 N–H and O–H groups in total. The maximum Gasteiger partial charge on any atom is 0.264 e. The summed E-state index contributed by atoms with van der Waals surface area (Å²) in [4.78, 5) is 14.0. The highest BCUT2D eigenvalue weighted by molar-refractivity contribution is 7.92. The minimum Gasteiger partial charge on any atom is -0.396 e. The molecule has 0 aromatic heterocycles. The second-order valence-electron chi connectivity index (χ2n) is 8.03. The van der Waals surface area contributed by atoms with Crippen molar-refractivity contribution in [3.63, 3.8) is 0 Å². The molecule has 0 saturated carbocycles. The molecule has 31 heavy (non-hydrogen) atoms. The van der Waals surface area contributed by atoms with Crippen LogP contribution in [0.2, 0.25) is 0 Å². The molecule has 7 nitrogen and oxygen atoms in total. The molecule has 1 heterocycles. The highest BCUT2D eigenvalue weighted by atomic mass is 32.2. The molecule has 1 unspecified atom stereocenters. The molecule has 2 rings (SSSR count). The van der Waals surface area contributed by atoms with Gasteiger partial charge in [-0.1, -0.05) is 30.0 Å². The van der Waals surface area contributed by atoms with Gasteiger partial charge in [-0.2, -0.15) is 0 Å². The molecule has 0 aliphatic carbocycles. The number of aliphatic hydroxyl groups is 1. The number of carbonyl (C=O) groups is 1. The van der Waals surface area contributed by atoms with Gasteiger partial charge in [-0.15, -0.1) is 0 Å². The summed E-state index contributed by atoms with van der Waals surface area (Å²) in [7, 11) is -3.68. The van der Waals surface area contributed by atoms with Crippen LogP contribution < -0.4 is 5.48 Å². The molecule has 8 heteroatoms. The smallest absolute Gasteiger partial charge is 0.264 e. The molecule has 0 fully saturated rings. The van der Waals surface area contributed by atoms with Gasteiger partial charge in [0.15, 0.2) is 14.6 Å². The van der Waals surface area contributed by atoms with E-state index in [2.05, 4.69) is 34.9 Å². The third-order valence-electron chi connectivity index (χ3n) is 5.80. The van der Waals surface area contributed by atoms with Gasteiger partial charge in [0, 0.05) is 44.5 Å². The topological polar surface area (TPSA) is 107 Å². The van der Waals surface area contributed by atoms with Crippen LogP contribution in [0.1, 0.15) is 50.2 Å². The Morgan fingerprint density at radius 3 is 2.52 bits per heavy atom. The quantitative estimate of drug-likeness (QED) is 0.231. The van der Waals surface area contributed by atoms with E-state index in [1.54, 1.807) is 0 Å². The van der Waals surface area contributed by atoms with Crippen molar-refractivity contribution < 1.29 is 23.5 Å². The van der Waals surface area contributed by atoms with E-state index < -0.39 is 20.5 Å². The van der Waals surface area contributed by atoms with E-state index in [4.69, 9.17) is 10.3 Å². The van der Waals surface area contributed by atoms with Crippen molar-refractivity contribution in [1.29, 1.82) is 0 Å². The van der Waals surface area contributed by atoms with Crippen LogP contribution in [0.25, 0.3) is 5.57 Å². The number of nitrogens with zero attached hydrogens (tertiary/aromatic N) is 1. The summed E-state index contributed by atoms with van der Waals surface area (Å²) >= 11 is 0. The average Bonchev–Trinajstić information content (AvgIpc) is 2.76. The Balaban J connectivity index is 1.93. The number of hydrogen-bond donors (Lipinski definition) is 3. The molecule has 1 aromatic carbocycles. The number of carbonyl (C=O) groups excluding carboxylic acids is 1. The molecular formula is C23H32N2O5S. The predicted octanol–water partition coefficient (Wildman–Crippen LogP) is 1.99. The van der Waals surface area contributed by atoms with Crippen molar-refractivity contribution in [2.24, 2.45) is 0 Å². The third-order valence-corrected chi connectivity index (χ3v) is 7.82. The number of benzene rings is 1. The fourth-order valence-electron chi connectivity index (χ4n) is 3.39. The van der Waals surface area contributed by atoms with Crippen LogP contribution >= 0.6 is 0 Å². The van der Waals surface area contributed by atoms with Gasteiger partial charge in [-0.3, -0.25) is 14.9 Å². The third kappa shape index (κ3) is 6.91. The van der Waals surface area contributed by atoms with E-state index in [0.717, 1.165) is 49.6 Å². The number of rotatable bonds is 9. The summed E-state index contributed by atoms with van der Waals surface area (Å²) in [5.41, 5.74) is 4.83. The first-order valence-electron chi connectivity index (χ1n) is 10.5. The summed E-state index contributed by atoms with van der Waals surface area (Å²) in [5, 5.41) is 17.7. The number of sulfone groups is 1. The minimum atomic E-state index is -3.68. The number of aliphatic hydroxyl groups excluding tert-OH is 1. The first kappa shape index (κ1) is 25.1. The van der Waals surface area contributed by atoms with E-state index in [1.807, 2.05) is 12.1 Å². The highest BCUT2D eigenvalue weighted by Crippen LogP contribution is 2.25. The summed E-state index contributed by atoms with van der Waals surface area (Å²) in [5.74, 6) is 5.36. The van der Waals surface area contributed by atoms with Gasteiger partial charge >= 0.3 is 0 Å². The average molecular weight is 449 g/mol. The molecule has 170 valence electrons. The molecule has 1 aromatic rings. The molecule has 0 spiro atoms. The zero-order valence-electron chi connectivity index (χ0n) is 18.2. The van der Waals surface area contributed by atoms with E-state index in [-0.39, 0.29) is 13.0 Å². The first-order chi connectivity index (χ1) is 14.7. The Labute approximate surface area is 185 Å². The van der Waals surface area contributed by atoms with Gasteiger partial charge in [-0.05, 0) is 55.9 Å². The normalized spacial score (nSPS) is 16.6. The van der Waals surface area contributed by atoms with Crippen molar-refractivity contribution >= 4 is 21.3 Å². The number of nitrogens with one attached hydrogen (secondary N) is 1. The van der Waals surface area contributed by atoms with Crippen molar-refractivity contribution in [1.82, 2.24) is 10.4 Å². The van der Waals surface area contributed by atoms with Gasteiger partial charge in [0.25, 0.3) is 5.91 Å². The van der Waals surface area contributed by atoms with Crippen molar-refractivity contribution in [2.75, 3.05) is 32.5 Å². The lowest BCUT2D eigenvalue weighted by Gasteiger charge is -2.31. The number of amides is 1. The summed E-state index contributed by atoms with van der Waals surface area (Å²) in [6, 6.07) is 8.14. The number of hydroxylamine groups is 1. The Kier molecular flexibility index (Phi) is 9.26. The fraction of sp³-hybridized carbons (Fsp3) is 0.522. The second kappa shape index (κ2) is 11.4. The van der Waals surface area contributed by atoms with Gasteiger partial charge in [0.05, 0.1) is 0 Å². The van der Waals surface area contributed by atoms with E-state index in [0.29, 0.717) is 13.1 Å². The molecular weight excluding hydrogens is 416 g/mol. The van der Waals surface area contributed by atoms with Crippen LogP contribution in [0.4, 0.5) is 0 Å². The lowest BCUT2D eigenvalue weighted by Crippen LogP contribution is -2.51. The molecule has 0 bridgehead atoms. The Hall–Kier alpha value is -2.18. The monoisotopic (exact) mass is 448 g/mol. The Bertz CT molecular complexity index is 944. The molecule has 1 aliphatic heterocycles. The zero-order chi connectivity index (χ0) is 22.9. The summed E-state index contributed by atoms with van der Waals surface area (Å²) in [6.45, 7) is 3.42. The molecule has 1 aliphatic rings. The van der Waals surface area contributed by atoms with E-state index in [9.17, 15) is 13.2 Å². The number of unbranched alkanes of at least 4 members (excludes halogenated alkanes) is 2. The van der Waals surface area contributed by atoms with Crippen LogP contribution in [0, 0.1) is 11.8 Å². The zero-order valence-corrected chi connectivity index (χ0v) is 19.0. The molecule has 0 saturated heterocycles. The van der Waals surface area contributed by atoms with E-state index >= 15 is 0 Å². The summed E-state index contributed by atoms with van der Waals surface area (Å²) in [6.07, 6.45) is 6.53. The van der Waals surface area contributed by atoms with E-state index in [1.165, 1.54) is 18.0 Å². The minimum absolute atomic E-state index is 0.104.